The first kappa shape index (κ1) is 14.9. The van der Waals surface area contributed by atoms with Gasteiger partial charge in [0.25, 0.3) is 0 Å². The predicted molar refractivity (Wildman–Crippen MR) is 75.6 cm³/mol. The third-order valence-corrected chi connectivity index (χ3v) is 2.92. The number of pyridine rings is 1. The van der Waals surface area contributed by atoms with Crippen LogP contribution in [-0.4, -0.2) is 28.8 Å². The second-order valence-electron chi connectivity index (χ2n) is 5.28. The molecule has 1 aromatic rings. The minimum absolute atomic E-state index is 0.00316. The summed E-state index contributed by atoms with van der Waals surface area (Å²) in [5.41, 5.74) is 7.16. The molecule has 0 aromatic carbocycles. The summed E-state index contributed by atoms with van der Waals surface area (Å²) in [5.74, 6) is 0. The molecule has 0 unspecified atom stereocenters. The number of aliphatic hydroxyl groups is 1. The first-order valence-corrected chi connectivity index (χ1v) is 6.56. The van der Waals surface area contributed by atoms with Crippen LogP contribution in [0, 0.1) is 0 Å². The van der Waals surface area contributed by atoms with E-state index in [4.69, 9.17) is 5.73 Å². The molecule has 0 aliphatic carbocycles. The summed E-state index contributed by atoms with van der Waals surface area (Å²) >= 11 is 0. The van der Waals surface area contributed by atoms with Gasteiger partial charge < -0.3 is 15.7 Å². The molecule has 0 radical (unpaired) electrons. The molecule has 0 bridgehead atoms. The number of anilines is 1. The van der Waals surface area contributed by atoms with Crippen molar-refractivity contribution in [1.29, 1.82) is 0 Å². The van der Waals surface area contributed by atoms with Crippen molar-refractivity contribution in [3.63, 3.8) is 0 Å². The van der Waals surface area contributed by atoms with E-state index in [-0.39, 0.29) is 6.04 Å². The highest BCUT2D eigenvalue weighted by Gasteiger charge is 2.18. The van der Waals surface area contributed by atoms with Gasteiger partial charge in [-0.05, 0) is 39.3 Å². The lowest BCUT2D eigenvalue weighted by Gasteiger charge is -2.29. The summed E-state index contributed by atoms with van der Waals surface area (Å²) in [6.45, 7) is 9.16. The lowest BCUT2D eigenvalue weighted by atomic mass is 10.1. The number of rotatable bonds is 6. The van der Waals surface area contributed by atoms with E-state index < -0.39 is 5.60 Å². The van der Waals surface area contributed by atoms with Crippen LogP contribution in [0.5, 0.6) is 0 Å². The average Bonchev–Trinajstić information content (AvgIpc) is 2.34. The lowest BCUT2D eigenvalue weighted by molar-refractivity contribution is 0.0876. The van der Waals surface area contributed by atoms with E-state index in [9.17, 15) is 5.11 Å². The number of hydrogen-bond donors (Lipinski definition) is 2. The maximum Gasteiger partial charge on any atom is 0.0765 e. The summed E-state index contributed by atoms with van der Waals surface area (Å²) < 4.78 is 0. The zero-order valence-electron chi connectivity index (χ0n) is 11.8. The first-order chi connectivity index (χ1) is 8.37. The third-order valence-electron chi connectivity index (χ3n) is 2.92. The topological polar surface area (TPSA) is 62.4 Å². The molecular weight excluding hydrogens is 226 g/mol. The molecule has 0 aliphatic heterocycles. The molecule has 0 fully saturated rings. The van der Waals surface area contributed by atoms with Gasteiger partial charge in [-0.1, -0.05) is 6.92 Å². The van der Waals surface area contributed by atoms with Crippen molar-refractivity contribution < 1.29 is 5.11 Å². The molecule has 0 spiro atoms. The molecule has 1 atom stereocenters. The first-order valence-electron chi connectivity index (χ1n) is 6.56. The van der Waals surface area contributed by atoms with Crippen LogP contribution in [0.15, 0.2) is 18.3 Å². The van der Waals surface area contributed by atoms with Crippen LogP contribution in [0.3, 0.4) is 0 Å². The van der Waals surface area contributed by atoms with Crippen molar-refractivity contribution >= 4 is 5.69 Å². The zero-order chi connectivity index (χ0) is 13.8. The van der Waals surface area contributed by atoms with E-state index in [0.29, 0.717) is 6.54 Å². The third kappa shape index (κ3) is 4.27. The number of aromatic nitrogens is 1. The maximum atomic E-state index is 9.88. The minimum Gasteiger partial charge on any atom is -0.389 e. The number of likely N-dealkylation sites (N-methyl/N-ethyl adjacent to an activating group) is 1. The van der Waals surface area contributed by atoms with Crippen LogP contribution in [0.4, 0.5) is 5.69 Å². The molecule has 0 aliphatic rings. The van der Waals surface area contributed by atoms with Crippen molar-refractivity contribution in [2.24, 2.45) is 5.73 Å². The van der Waals surface area contributed by atoms with Gasteiger partial charge >= 0.3 is 0 Å². The fourth-order valence-electron chi connectivity index (χ4n) is 1.87. The fraction of sp³-hybridized carbons (Fsp3) is 0.643. The molecule has 1 rings (SSSR count). The van der Waals surface area contributed by atoms with Gasteiger partial charge in [-0.2, -0.15) is 0 Å². The molecule has 0 amide bonds. The summed E-state index contributed by atoms with van der Waals surface area (Å²) in [6, 6.07) is 3.99. The molecule has 3 N–H and O–H groups in total. The van der Waals surface area contributed by atoms with Crippen LogP contribution in [-0.2, 0) is 0 Å². The number of hydrogen-bond acceptors (Lipinski definition) is 4. The highest BCUT2D eigenvalue weighted by atomic mass is 16.3. The quantitative estimate of drug-likeness (QED) is 0.812. The molecule has 18 heavy (non-hydrogen) atoms. The maximum absolute atomic E-state index is 9.88. The molecule has 1 aromatic heterocycles. The van der Waals surface area contributed by atoms with E-state index in [0.717, 1.165) is 24.3 Å². The Kier molecular flexibility index (Phi) is 5.11. The van der Waals surface area contributed by atoms with Gasteiger partial charge in [-0.15, -0.1) is 0 Å². The van der Waals surface area contributed by atoms with Crippen molar-refractivity contribution in [2.45, 2.75) is 45.8 Å². The average molecular weight is 251 g/mol. The van der Waals surface area contributed by atoms with E-state index in [2.05, 4.69) is 16.8 Å². The van der Waals surface area contributed by atoms with Gasteiger partial charge in [-0.3, -0.25) is 4.98 Å². The Morgan fingerprint density at radius 3 is 2.44 bits per heavy atom. The summed E-state index contributed by atoms with van der Waals surface area (Å²) in [5, 5.41) is 9.88. The molecule has 4 nitrogen and oxygen atoms in total. The normalized spacial score (nSPS) is 13.4. The number of nitrogens with zero attached hydrogens (tertiary/aromatic N) is 2. The van der Waals surface area contributed by atoms with Gasteiger partial charge in [0.2, 0.25) is 0 Å². The second-order valence-corrected chi connectivity index (χ2v) is 5.28. The Labute approximate surface area is 110 Å². The lowest BCUT2D eigenvalue weighted by Crippen LogP contribution is -2.38. The molecule has 0 saturated carbocycles. The Morgan fingerprint density at radius 2 is 2.06 bits per heavy atom. The van der Waals surface area contributed by atoms with E-state index in [1.165, 1.54) is 0 Å². The molecular formula is C14H25N3O. The highest BCUT2D eigenvalue weighted by Crippen LogP contribution is 2.18. The molecule has 0 saturated heterocycles. The Hall–Kier alpha value is -1.13. The summed E-state index contributed by atoms with van der Waals surface area (Å²) in [7, 11) is 0. The summed E-state index contributed by atoms with van der Waals surface area (Å²) in [4.78, 5) is 6.51. The van der Waals surface area contributed by atoms with Crippen molar-refractivity contribution in [1.82, 2.24) is 4.98 Å². The van der Waals surface area contributed by atoms with Crippen LogP contribution < -0.4 is 10.6 Å². The Bertz CT molecular complexity index is 356. The molecule has 1 heterocycles. The van der Waals surface area contributed by atoms with E-state index >= 15 is 0 Å². The standard InChI is InChI=1S/C14H25N3O/c1-5-12(15)13-8-7-11(9-16-13)17(6-2)10-14(3,4)18/h7-9,12,18H,5-6,10,15H2,1-4H3/t12-/m1/s1. The fourth-order valence-corrected chi connectivity index (χ4v) is 1.87. The van der Waals surface area contributed by atoms with Gasteiger partial charge in [0.05, 0.1) is 23.2 Å². The summed E-state index contributed by atoms with van der Waals surface area (Å²) in [6.07, 6.45) is 2.72. The van der Waals surface area contributed by atoms with Crippen molar-refractivity contribution in [3.8, 4) is 0 Å². The predicted octanol–water partition coefficient (Wildman–Crippen LogP) is 2.09. The molecule has 102 valence electrons. The van der Waals surface area contributed by atoms with E-state index in [1.54, 1.807) is 0 Å². The SMILES string of the molecule is CC[C@@H](N)c1ccc(N(CC)CC(C)(C)O)cn1. The Balaban J connectivity index is 2.82. The van der Waals surface area contributed by atoms with Gasteiger partial charge in [0.15, 0.2) is 0 Å². The smallest absolute Gasteiger partial charge is 0.0765 e. The minimum atomic E-state index is -0.714. The zero-order valence-corrected chi connectivity index (χ0v) is 11.8. The Morgan fingerprint density at radius 1 is 1.39 bits per heavy atom. The van der Waals surface area contributed by atoms with Crippen LogP contribution >= 0.6 is 0 Å². The van der Waals surface area contributed by atoms with Crippen LogP contribution in [0.1, 0.15) is 45.9 Å². The number of nitrogens with two attached hydrogens (primary N) is 1. The monoisotopic (exact) mass is 251 g/mol. The van der Waals surface area contributed by atoms with Gasteiger partial charge in [0, 0.05) is 19.1 Å². The second kappa shape index (κ2) is 6.16. The largest absolute Gasteiger partial charge is 0.389 e. The van der Waals surface area contributed by atoms with Crippen molar-refractivity contribution in [3.05, 3.63) is 24.0 Å². The molecule has 4 heteroatoms. The van der Waals surface area contributed by atoms with Gasteiger partial charge in [0.1, 0.15) is 0 Å². The van der Waals surface area contributed by atoms with Crippen molar-refractivity contribution in [2.75, 3.05) is 18.0 Å². The van der Waals surface area contributed by atoms with Crippen LogP contribution in [0.25, 0.3) is 0 Å². The highest BCUT2D eigenvalue weighted by molar-refractivity contribution is 5.45. The van der Waals surface area contributed by atoms with E-state index in [1.807, 2.05) is 39.1 Å². The van der Waals surface area contributed by atoms with Crippen LogP contribution in [0.2, 0.25) is 0 Å². The van der Waals surface area contributed by atoms with Gasteiger partial charge in [-0.25, -0.2) is 0 Å².